The first-order chi connectivity index (χ1) is 14.4. The molecule has 0 bridgehead atoms. The molecule has 1 aromatic heterocycles. The molecule has 7 nitrogen and oxygen atoms in total. The third-order valence-corrected chi connectivity index (χ3v) is 5.40. The van der Waals surface area contributed by atoms with E-state index in [1.807, 2.05) is 18.2 Å². The lowest BCUT2D eigenvalue weighted by atomic mass is 10.0. The first-order valence-electron chi connectivity index (χ1n) is 10.0. The summed E-state index contributed by atoms with van der Waals surface area (Å²) in [6, 6.07) is 8.23. The highest BCUT2D eigenvalue weighted by Crippen LogP contribution is 2.21. The van der Waals surface area contributed by atoms with E-state index in [0.717, 1.165) is 59.1 Å². The predicted molar refractivity (Wildman–Crippen MR) is 126 cm³/mol. The van der Waals surface area contributed by atoms with E-state index in [-0.39, 0.29) is 0 Å². The van der Waals surface area contributed by atoms with Crippen LogP contribution in [-0.2, 0) is 6.54 Å². The van der Waals surface area contributed by atoms with E-state index < -0.39 is 0 Å². The number of rotatable bonds is 9. The van der Waals surface area contributed by atoms with Crippen LogP contribution >= 0.6 is 11.6 Å². The second-order valence-corrected chi connectivity index (χ2v) is 8.01. The van der Waals surface area contributed by atoms with Crippen molar-refractivity contribution in [3.63, 3.8) is 0 Å². The van der Waals surface area contributed by atoms with E-state index in [1.54, 1.807) is 6.08 Å². The lowest BCUT2D eigenvalue weighted by Crippen LogP contribution is -2.46. The number of piperidine rings is 1. The molecular formula is C22H30ClN7. The molecule has 1 fully saturated rings. The highest BCUT2D eigenvalue weighted by molar-refractivity contribution is 6.31. The smallest absolute Gasteiger partial charge is 0.0918 e. The number of hydrogen-bond donors (Lipinski definition) is 5. The van der Waals surface area contributed by atoms with Crippen LogP contribution in [0.15, 0.2) is 65.8 Å². The Balaban J connectivity index is 1.47. The summed E-state index contributed by atoms with van der Waals surface area (Å²) in [6.45, 7) is 10.8. The lowest BCUT2D eigenvalue weighted by molar-refractivity contribution is 0.237. The second-order valence-electron chi connectivity index (χ2n) is 7.57. The number of nitrogens with two attached hydrogens (primary N) is 2. The Labute approximate surface area is 182 Å². The number of halogens is 1. The number of nitrogens with one attached hydrogen (secondary N) is 3. The monoisotopic (exact) mass is 427 g/mol. The van der Waals surface area contributed by atoms with Gasteiger partial charge in [0.25, 0.3) is 0 Å². The van der Waals surface area contributed by atoms with Crippen LogP contribution < -0.4 is 22.2 Å². The SMILES string of the molecule is C=C(NCc1cc2cc(Cl)ccc2[nH]1)NC1CCCN(C(=C)C/C(N)=C/C=N/N)C1. The Bertz CT molecular complexity index is 960. The first-order valence-corrected chi connectivity index (χ1v) is 10.4. The molecule has 2 aromatic rings. The van der Waals surface area contributed by atoms with Crippen molar-refractivity contribution in [3.05, 3.63) is 71.4 Å². The zero-order valence-electron chi connectivity index (χ0n) is 17.1. The van der Waals surface area contributed by atoms with Gasteiger partial charge >= 0.3 is 0 Å². The van der Waals surface area contributed by atoms with Gasteiger partial charge in [0.05, 0.1) is 12.4 Å². The lowest BCUT2D eigenvalue weighted by Gasteiger charge is -2.36. The fourth-order valence-corrected chi connectivity index (χ4v) is 3.87. The highest BCUT2D eigenvalue weighted by atomic mass is 35.5. The average molecular weight is 428 g/mol. The quantitative estimate of drug-likeness (QED) is 0.240. The highest BCUT2D eigenvalue weighted by Gasteiger charge is 2.21. The Kier molecular flexibility index (Phi) is 7.30. The number of aromatic amines is 1. The van der Waals surface area contributed by atoms with Gasteiger partial charge in [-0.05, 0) is 43.2 Å². The number of hydrogen-bond acceptors (Lipinski definition) is 6. The molecule has 3 rings (SSSR count). The summed E-state index contributed by atoms with van der Waals surface area (Å²) in [4.78, 5) is 5.67. The number of allylic oxidation sites excluding steroid dienone is 1. The number of likely N-dealkylation sites (tertiary alicyclic amines) is 1. The van der Waals surface area contributed by atoms with Gasteiger partial charge < -0.3 is 32.1 Å². The second kappa shape index (κ2) is 10.1. The largest absolute Gasteiger partial charge is 0.402 e. The van der Waals surface area contributed by atoms with E-state index in [9.17, 15) is 0 Å². The van der Waals surface area contributed by atoms with Crippen molar-refractivity contribution in [3.8, 4) is 0 Å². The van der Waals surface area contributed by atoms with Gasteiger partial charge in [0.1, 0.15) is 0 Å². The fourth-order valence-electron chi connectivity index (χ4n) is 3.69. The Hall–Kier alpha value is -3.06. The van der Waals surface area contributed by atoms with Crippen LogP contribution in [0.2, 0.25) is 5.02 Å². The van der Waals surface area contributed by atoms with Crippen LogP contribution in [-0.4, -0.2) is 35.2 Å². The molecule has 1 aromatic carbocycles. The van der Waals surface area contributed by atoms with E-state index in [4.69, 9.17) is 23.2 Å². The Morgan fingerprint density at radius 1 is 1.37 bits per heavy atom. The van der Waals surface area contributed by atoms with Crippen LogP contribution in [0.4, 0.5) is 0 Å². The zero-order valence-corrected chi connectivity index (χ0v) is 17.9. The van der Waals surface area contributed by atoms with Crippen LogP contribution in [0.25, 0.3) is 10.9 Å². The summed E-state index contributed by atoms with van der Waals surface area (Å²) >= 11 is 6.06. The minimum Gasteiger partial charge on any atom is -0.402 e. The summed E-state index contributed by atoms with van der Waals surface area (Å²) in [5.41, 5.74) is 9.83. The van der Waals surface area contributed by atoms with Crippen LogP contribution in [0, 0.1) is 0 Å². The number of nitrogens with zero attached hydrogens (tertiary/aromatic N) is 2. The topological polar surface area (TPSA) is 107 Å². The van der Waals surface area contributed by atoms with Crippen LogP contribution in [0.5, 0.6) is 0 Å². The molecule has 2 heterocycles. The van der Waals surface area contributed by atoms with E-state index in [1.165, 1.54) is 6.21 Å². The van der Waals surface area contributed by atoms with Gasteiger partial charge in [-0.25, -0.2) is 0 Å². The van der Waals surface area contributed by atoms with Gasteiger partial charge in [-0.1, -0.05) is 24.8 Å². The number of fused-ring (bicyclic) bond motifs is 1. The van der Waals surface area contributed by atoms with Crippen molar-refractivity contribution < 1.29 is 0 Å². The van der Waals surface area contributed by atoms with Crippen LogP contribution in [0.1, 0.15) is 25.0 Å². The number of benzene rings is 1. The average Bonchev–Trinajstić information content (AvgIpc) is 3.13. The van der Waals surface area contributed by atoms with E-state index >= 15 is 0 Å². The summed E-state index contributed by atoms with van der Waals surface area (Å²) < 4.78 is 0. The van der Waals surface area contributed by atoms with Crippen molar-refractivity contribution in [2.75, 3.05) is 13.1 Å². The van der Waals surface area contributed by atoms with Gasteiger partial charge in [0.15, 0.2) is 0 Å². The van der Waals surface area contributed by atoms with Gasteiger partial charge in [-0.2, -0.15) is 5.10 Å². The van der Waals surface area contributed by atoms with Crippen molar-refractivity contribution in [2.45, 2.75) is 31.8 Å². The number of aromatic nitrogens is 1. The van der Waals surface area contributed by atoms with Gasteiger partial charge in [-0.15, -0.1) is 0 Å². The maximum Gasteiger partial charge on any atom is 0.0918 e. The molecule has 1 aliphatic rings. The third kappa shape index (κ3) is 5.97. The summed E-state index contributed by atoms with van der Waals surface area (Å²) in [7, 11) is 0. The Morgan fingerprint density at radius 3 is 3.00 bits per heavy atom. The number of H-pyrrole nitrogens is 1. The minimum absolute atomic E-state index is 0.299. The normalized spacial score (nSPS) is 17.4. The standard InChI is InChI=1S/C22H30ClN7/c1-15(10-19(24)7-8-27-25)30-9-3-4-20(14-30)28-16(2)26-13-21-12-17-11-18(23)5-6-22(17)29-21/h5-8,11-12,20,26,28-29H,1-4,9-10,13-14,24-25H2/b19-7-,27-8+. The summed E-state index contributed by atoms with van der Waals surface area (Å²) in [6.07, 6.45) is 5.96. The minimum atomic E-state index is 0.299. The fraction of sp³-hybridized carbons (Fsp3) is 0.318. The molecule has 0 radical (unpaired) electrons. The molecule has 0 saturated carbocycles. The van der Waals surface area contributed by atoms with Gasteiger partial charge in [0, 0.05) is 64.8 Å². The molecule has 1 saturated heterocycles. The molecule has 7 N–H and O–H groups in total. The van der Waals surface area contributed by atoms with Crippen LogP contribution in [0.3, 0.4) is 0 Å². The molecular weight excluding hydrogens is 398 g/mol. The molecule has 0 aliphatic carbocycles. The van der Waals surface area contributed by atoms with E-state index in [2.05, 4.69) is 44.8 Å². The maximum absolute atomic E-state index is 6.06. The van der Waals surface area contributed by atoms with Crippen molar-refractivity contribution in [1.29, 1.82) is 0 Å². The van der Waals surface area contributed by atoms with Gasteiger partial charge in [-0.3, -0.25) is 0 Å². The number of hydrazone groups is 1. The zero-order chi connectivity index (χ0) is 21.5. The molecule has 30 heavy (non-hydrogen) atoms. The molecule has 160 valence electrons. The molecule has 0 amide bonds. The first kappa shape index (κ1) is 21.6. The predicted octanol–water partition coefficient (Wildman–Crippen LogP) is 3.13. The molecule has 1 unspecified atom stereocenters. The van der Waals surface area contributed by atoms with E-state index in [0.29, 0.717) is 24.7 Å². The van der Waals surface area contributed by atoms with Crippen molar-refractivity contribution in [2.24, 2.45) is 16.7 Å². The van der Waals surface area contributed by atoms with Gasteiger partial charge in [0.2, 0.25) is 0 Å². The summed E-state index contributed by atoms with van der Waals surface area (Å²) in [5.74, 6) is 5.92. The molecule has 1 aliphatic heterocycles. The van der Waals surface area contributed by atoms with Crippen molar-refractivity contribution in [1.82, 2.24) is 20.5 Å². The third-order valence-electron chi connectivity index (χ3n) is 5.16. The molecule has 0 spiro atoms. The summed E-state index contributed by atoms with van der Waals surface area (Å²) in [5, 5.41) is 12.1. The maximum atomic E-state index is 6.06. The van der Waals surface area contributed by atoms with Crippen molar-refractivity contribution >= 4 is 28.7 Å². The molecule has 8 heteroatoms. The Morgan fingerprint density at radius 2 is 2.20 bits per heavy atom. The molecule has 1 atom stereocenters.